The van der Waals surface area contributed by atoms with Crippen molar-refractivity contribution in [3.05, 3.63) is 59.4 Å². The maximum absolute atomic E-state index is 12.9. The fourth-order valence-electron chi connectivity index (χ4n) is 4.03. The second kappa shape index (κ2) is 8.94. The Kier molecular flexibility index (Phi) is 6.27. The van der Waals surface area contributed by atoms with Gasteiger partial charge in [-0.15, -0.1) is 0 Å². The Morgan fingerprint density at radius 1 is 0.935 bits per heavy atom. The average Bonchev–Trinajstić information content (AvgIpc) is 2.78. The largest absolute Gasteiger partial charge is 0.330 e. The van der Waals surface area contributed by atoms with Gasteiger partial charge in [0.25, 0.3) is 0 Å². The average molecular weight is 463 g/mol. The van der Waals surface area contributed by atoms with Gasteiger partial charge < -0.3 is 9.80 Å². The monoisotopic (exact) mass is 462 g/mol. The minimum absolute atomic E-state index is 0.148. The third kappa shape index (κ3) is 4.58. The highest BCUT2D eigenvalue weighted by Crippen LogP contribution is 2.25. The number of sulfonamides is 1. The minimum atomic E-state index is -3.61. The second-order valence-corrected chi connectivity index (χ2v) is 10.0. The third-order valence-electron chi connectivity index (χ3n) is 5.74. The van der Waals surface area contributed by atoms with E-state index in [2.05, 4.69) is 4.98 Å². The number of benzene rings is 1. The van der Waals surface area contributed by atoms with Gasteiger partial charge in [-0.3, -0.25) is 14.6 Å². The summed E-state index contributed by atoms with van der Waals surface area (Å²) in [7, 11) is -3.61. The molecule has 1 aromatic heterocycles. The van der Waals surface area contributed by atoms with Crippen molar-refractivity contribution in [3.8, 4) is 0 Å². The van der Waals surface area contributed by atoms with Crippen LogP contribution < -0.4 is 0 Å². The first-order valence-electron chi connectivity index (χ1n) is 10.1. The lowest BCUT2D eigenvalue weighted by molar-refractivity contribution is -0.158. The van der Waals surface area contributed by atoms with Crippen LogP contribution in [0.25, 0.3) is 0 Å². The van der Waals surface area contributed by atoms with Crippen molar-refractivity contribution in [1.82, 2.24) is 19.1 Å². The molecule has 2 saturated heterocycles. The molecule has 0 atom stereocenters. The number of hydrogen-bond acceptors (Lipinski definition) is 5. The number of amides is 2. The Morgan fingerprint density at radius 3 is 2.29 bits per heavy atom. The van der Waals surface area contributed by atoms with Crippen LogP contribution in [0.1, 0.15) is 18.5 Å². The molecule has 4 rings (SSSR count). The third-order valence-corrected chi connectivity index (χ3v) is 7.90. The first kappa shape index (κ1) is 21.7. The molecule has 3 heterocycles. The topological polar surface area (TPSA) is 90.9 Å². The molecule has 2 aliphatic heterocycles. The lowest BCUT2D eigenvalue weighted by Crippen LogP contribution is -2.59. The van der Waals surface area contributed by atoms with Gasteiger partial charge in [0.2, 0.25) is 10.0 Å². The zero-order chi connectivity index (χ0) is 22.0. The molecular weight excluding hydrogens is 440 g/mol. The van der Waals surface area contributed by atoms with Gasteiger partial charge in [-0.1, -0.05) is 17.7 Å². The number of aromatic nitrogens is 1. The SMILES string of the molecule is O=C1C(=O)N(C2CCN(S(=O)(=O)c3ccc(Cl)cc3)CC2)CCN1Cc1ccccn1. The van der Waals surface area contributed by atoms with Crippen molar-refractivity contribution in [2.45, 2.75) is 30.3 Å². The van der Waals surface area contributed by atoms with Gasteiger partial charge in [-0.05, 0) is 49.2 Å². The summed E-state index contributed by atoms with van der Waals surface area (Å²) in [5, 5.41) is 0.475. The van der Waals surface area contributed by atoms with Gasteiger partial charge in [0, 0.05) is 43.4 Å². The van der Waals surface area contributed by atoms with E-state index in [1.54, 1.807) is 29.3 Å². The summed E-state index contributed by atoms with van der Waals surface area (Å²) in [4.78, 5) is 32.9. The van der Waals surface area contributed by atoms with Crippen LogP contribution in [0, 0.1) is 0 Å². The molecule has 0 radical (unpaired) electrons. The van der Waals surface area contributed by atoms with Crippen LogP contribution in [-0.2, 0) is 26.2 Å². The number of piperidine rings is 1. The van der Waals surface area contributed by atoms with E-state index in [0.29, 0.717) is 50.6 Å². The predicted octanol–water partition coefficient (Wildman–Crippen LogP) is 1.76. The summed E-state index contributed by atoms with van der Waals surface area (Å²) in [5.41, 5.74) is 0.734. The number of carbonyl (C=O) groups excluding carboxylic acids is 2. The highest BCUT2D eigenvalue weighted by molar-refractivity contribution is 7.89. The summed E-state index contributed by atoms with van der Waals surface area (Å²) in [6, 6.07) is 11.4. The zero-order valence-corrected chi connectivity index (χ0v) is 18.4. The molecule has 0 N–H and O–H groups in total. The molecule has 0 unspecified atom stereocenters. The van der Waals surface area contributed by atoms with Crippen molar-refractivity contribution in [1.29, 1.82) is 0 Å². The van der Waals surface area contributed by atoms with Gasteiger partial charge in [0.1, 0.15) is 0 Å². The maximum Gasteiger partial charge on any atom is 0.312 e. The Hall–Kier alpha value is -2.49. The van der Waals surface area contributed by atoms with E-state index in [1.807, 2.05) is 12.1 Å². The molecule has 2 aliphatic rings. The number of pyridine rings is 1. The van der Waals surface area contributed by atoms with E-state index < -0.39 is 21.8 Å². The van der Waals surface area contributed by atoms with Crippen LogP contribution in [0.2, 0.25) is 5.02 Å². The zero-order valence-electron chi connectivity index (χ0n) is 16.9. The lowest BCUT2D eigenvalue weighted by atomic mass is 10.0. The predicted molar refractivity (Wildman–Crippen MR) is 115 cm³/mol. The molecule has 2 amide bonds. The Bertz CT molecular complexity index is 1050. The first-order valence-corrected chi connectivity index (χ1v) is 11.9. The van der Waals surface area contributed by atoms with Crippen LogP contribution in [0.15, 0.2) is 53.6 Å². The van der Waals surface area contributed by atoms with E-state index in [4.69, 9.17) is 11.6 Å². The minimum Gasteiger partial charge on any atom is -0.330 e. The summed E-state index contributed by atoms with van der Waals surface area (Å²) >= 11 is 5.85. The molecule has 8 nitrogen and oxygen atoms in total. The van der Waals surface area contributed by atoms with Gasteiger partial charge >= 0.3 is 11.8 Å². The molecule has 10 heteroatoms. The molecule has 0 bridgehead atoms. The Morgan fingerprint density at radius 2 is 1.65 bits per heavy atom. The highest BCUT2D eigenvalue weighted by atomic mass is 35.5. The van der Waals surface area contributed by atoms with Crippen molar-refractivity contribution in [2.75, 3.05) is 26.2 Å². The van der Waals surface area contributed by atoms with Crippen LogP contribution in [0.3, 0.4) is 0 Å². The van der Waals surface area contributed by atoms with Crippen molar-refractivity contribution in [3.63, 3.8) is 0 Å². The molecule has 164 valence electrons. The smallest absolute Gasteiger partial charge is 0.312 e. The fraction of sp³-hybridized carbons (Fsp3) is 0.381. The first-order chi connectivity index (χ1) is 14.9. The summed E-state index contributed by atoms with van der Waals surface area (Å²) < 4.78 is 27.1. The standard InChI is InChI=1S/C21H23ClN4O4S/c22-16-4-6-19(7-5-16)31(29,30)25-11-8-18(9-12-25)26-14-13-24(20(27)21(26)28)15-17-3-1-2-10-23-17/h1-7,10,18H,8-9,11-15H2. The molecule has 2 fully saturated rings. The van der Waals surface area contributed by atoms with Gasteiger partial charge in [0.15, 0.2) is 0 Å². The number of piperazine rings is 1. The molecule has 31 heavy (non-hydrogen) atoms. The maximum atomic E-state index is 12.9. The van der Waals surface area contributed by atoms with E-state index in [0.717, 1.165) is 5.69 Å². The Balaban J connectivity index is 1.36. The molecule has 2 aromatic rings. The fourth-order valence-corrected chi connectivity index (χ4v) is 5.62. The quantitative estimate of drug-likeness (QED) is 0.631. The van der Waals surface area contributed by atoms with Crippen molar-refractivity contribution in [2.24, 2.45) is 0 Å². The van der Waals surface area contributed by atoms with Gasteiger partial charge in [-0.2, -0.15) is 4.31 Å². The molecular formula is C21H23ClN4O4S. The van der Waals surface area contributed by atoms with Crippen LogP contribution in [0.5, 0.6) is 0 Å². The van der Waals surface area contributed by atoms with E-state index >= 15 is 0 Å². The van der Waals surface area contributed by atoms with Crippen LogP contribution in [0.4, 0.5) is 0 Å². The Labute approximate surface area is 186 Å². The van der Waals surface area contributed by atoms with Crippen LogP contribution in [-0.4, -0.2) is 71.5 Å². The lowest BCUT2D eigenvalue weighted by Gasteiger charge is -2.41. The van der Waals surface area contributed by atoms with E-state index in [-0.39, 0.29) is 10.9 Å². The van der Waals surface area contributed by atoms with Crippen LogP contribution >= 0.6 is 11.6 Å². The molecule has 0 saturated carbocycles. The number of halogens is 1. The van der Waals surface area contributed by atoms with E-state index in [9.17, 15) is 18.0 Å². The highest BCUT2D eigenvalue weighted by Gasteiger charge is 2.39. The normalized spacial score (nSPS) is 19.1. The summed E-state index contributed by atoms with van der Waals surface area (Å²) in [6.07, 6.45) is 2.64. The number of nitrogens with zero attached hydrogens (tertiary/aromatic N) is 4. The second-order valence-electron chi connectivity index (χ2n) is 7.64. The van der Waals surface area contributed by atoms with E-state index in [1.165, 1.54) is 21.3 Å². The summed E-state index contributed by atoms with van der Waals surface area (Å²) in [6.45, 7) is 1.77. The van der Waals surface area contributed by atoms with Crippen molar-refractivity contribution < 1.29 is 18.0 Å². The molecule has 0 aliphatic carbocycles. The summed E-state index contributed by atoms with van der Waals surface area (Å²) in [5.74, 6) is -1.06. The van der Waals surface area contributed by atoms with Gasteiger partial charge in [0.05, 0.1) is 17.1 Å². The van der Waals surface area contributed by atoms with Gasteiger partial charge in [-0.25, -0.2) is 8.42 Å². The molecule has 1 aromatic carbocycles. The number of hydrogen-bond donors (Lipinski definition) is 0. The number of carbonyl (C=O) groups is 2. The molecule has 0 spiro atoms. The van der Waals surface area contributed by atoms with Crippen molar-refractivity contribution >= 4 is 33.4 Å². The number of rotatable bonds is 5.